The third kappa shape index (κ3) is 1.88. The summed E-state index contributed by atoms with van der Waals surface area (Å²) >= 11 is 0. The lowest BCUT2D eigenvalue weighted by atomic mass is 10.1. The maximum atomic E-state index is 13.1. The number of nitrogens with zero attached hydrogens (tertiary/aromatic N) is 2. The first-order chi connectivity index (χ1) is 8.60. The first-order valence-electron chi connectivity index (χ1n) is 6.24. The van der Waals surface area contributed by atoms with E-state index in [0.717, 1.165) is 31.9 Å². The molecule has 0 bridgehead atoms. The van der Waals surface area contributed by atoms with Crippen molar-refractivity contribution in [1.29, 1.82) is 0 Å². The van der Waals surface area contributed by atoms with Gasteiger partial charge in [0.25, 0.3) is 5.91 Å². The summed E-state index contributed by atoms with van der Waals surface area (Å²) in [4.78, 5) is 17.7. The fraction of sp³-hybridized carbons (Fsp3) is 0.538. The Balaban J connectivity index is 1.83. The summed E-state index contributed by atoms with van der Waals surface area (Å²) in [6.07, 6.45) is 5.67. The van der Waals surface area contributed by atoms with E-state index in [2.05, 4.69) is 4.98 Å². The molecule has 1 aromatic rings. The van der Waals surface area contributed by atoms with Crippen LogP contribution in [0.2, 0.25) is 0 Å². The molecule has 0 aromatic carbocycles. The van der Waals surface area contributed by atoms with Gasteiger partial charge in [-0.15, -0.1) is 0 Å². The van der Waals surface area contributed by atoms with Crippen LogP contribution in [0.25, 0.3) is 0 Å². The molecule has 1 aliphatic carbocycles. The number of carbonyl (C=O) groups is 1. The van der Waals surface area contributed by atoms with Crippen LogP contribution in [-0.4, -0.2) is 39.1 Å². The third-order valence-corrected chi connectivity index (χ3v) is 3.85. The van der Waals surface area contributed by atoms with E-state index in [1.807, 2.05) is 0 Å². The summed E-state index contributed by atoms with van der Waals surface area (Å²) in [7, 11) is 0. The molecule has 1 aliphatic heterocycles. The molecule has 3 rings (SSSR count). The van der Waals surface area contributed by atoms with Crippen molar-refractivity contribution in [2.75, 3.05) is 6.54 Å². The van der Waals surface area contributed by atoms with Crippen molar-refractivity contribution < 1.29 is 14.3 Å². The van der Waals surface area contributed by atoms with E-state index in [1.54, 1.807) is 4.90 Å². The molecule has 18 heavy (non-hydrogen) atoms. The first kappa shape index (κ1) is 11.6. The van der Waals surface area contributed by atoms with Crippen molar-refractivity contribution in [3.8, 4) is 0 Å². The first-order valence-corrected chi connectivity index (χ1v) is 6.24. The summed E-state index contributed by atoms with van der Waals surface area (Å²) in [5, 5.41) is 10.2. The van der Waals surface area contributed by atoms with Gasteiger partial charge in [0.2, 0.25) is 0 Å². The fourth-order valence-corrected chi connectivity index (χ4v) is 2.72. The number of aliphatic hydroxyl groups is 1. The van der Waals surface area contributed by atoms with Crippen LogP contribution in [0.5, 0.6) is 0 Å². The predicted molar refractivity (Wildman–Crippen MR) is 62.4 cm³/mol. The van der Waals surface area contributed by atoms with Gasteiger partial charge in [-0.05, 0) is 31.7 Å². The molecule has 1 saturated heterocycles. The Morgan fingerprint density at radius 2 is 2.28 bits per heavy atom. The second-order valence-corrected chi connectivity index (χ2v) is 5.15. The Morgan fingerprint density at radius 1 is 1.50 bits per heavy atom. The maximum Gasteiger partial charge on any atom is 0.255 e. The van der Waals surface area contributed by atoms with Crippen molar-refractivity contribution in [1.82, 2.24) is 9.88 Å². The Kier molecular flexibility index (Phi) is 2.59. The molecule has 1 unspecified atom stereocenters. The number of aromatic nitrogens is 1. The van der Waals surface area contributed by atoms with Gasteiger partial charge in [0.1, 0.15) is 5.82 Å². The van der Waals surface area contributed by atoms with Crippen LogP contribution in [0.1, 0.15) is 36.0 Å². The molecule has 4 nitrogen and oxygen atoms in total. The minimum Gasteiger partial charge on any atom is -0.388 e. The van der Waals surface area contributed by atoms with Gasteiger partial charge in [-0.2, -0.15) is 0 Å². The van der Waals surface area contributed by atoms with E-state index in [0.29, 0.717) is 6.54 Å². The third-order valence-electron chi connectivity index (χ3n) is 3.85. The largest absolute Gasteiger partial charge is 0.388 e. The van der Waals surface area contributed by atoms with Crippen LogP contribution in [0.3, 0.4) is 0 Å². The monoisotopic (exact) mass is 250 g/mol. The van der Waals surface area contributed by atoms with Gasteiger partial charge in [-0.1, -0.05) is 0 Å². The lowest BCUT2D eigenvalue weighted by Crippen LogP contribution is -2.44. The quantitative estimate of drug-likeness (QED) is 0.862. The molecule has 1 saturated carbocycles. The lowest BCUT2D eigenvalue weighted by Gasteiger charge is -2.28. The number of pyridine rings is 1. The number of halogens is 1. The zero-order chi connectivity index (χ0) is 12.8. The van der Waals surface area contributed by atoms with Crippen molar-refractivity contribution in [3.05, 3.63) is 29.8 Å². The maximum absolute atomic E-state index is 13.1. The Morgan fingerprint density at radius 3 is 2.94 bits per heavy atom. The van der Waals surface area contributed by atoms with Crippen molar-refractivity contribution in [2.24, 2.45) is 0 Å². The highest BCUT2D eigenvalue weighted by molar-refractivity contribution is 5.94. The number of carbonyl (C=O) groups excluding carboxylic acids is 1. The molecule has 1 N–H and O–H groups in total. The van der Waals surface area contributed by atoms with Gasteiger partial charge in [0, 0.05) is 12.7 Å². The van der Waals surface area contributed by atoms with E-state index in [1.165, 1.54) is 12.3 Å². The van der Waals surface area contributed by atoms with Crippen LogP contribution in [0, 0.1) is 5.82 Å². The summed E-state index contributed by atoms with van der Waals surface area (Å²) in [6.45, 7) is 0.627. The fourth-order valence-electron chi connectivity index (χ4n) is 2.72. The number of hydrogen-bond acceptors (Lipinski definition) is 3. The van der Waals surface area contributed by atoms with E-state index in [9.17, 15) is 14.3 Å². The molecule has 2 heterocycles. The highest BCUT2D eigenvalue weighted by Crippen LogP contribution is 2.44. The minimum absolute atomic E-state index is 0.117. The zero-order valence-electron chi connectivity index (χ0n) is 9.97. The zero-order valence-corrected chi connectivity index (χ0v) is 9.97. The van der Waals surface area contributed by atoms with E-state index in [4.69, 9.17) is 0 Å². The standard InChI is InChI=1S/C13H15FN2O2/c14-10-6-9(7-15-8-10)12(17)16-5-1-2-11(16)13(18)3-4-13/h6-8,11,18H,1-5H2. The van der Waals surface area contributed by atoms with E-state index < -0.39 is 11.4 Å². The number of hydrogen-bond donors (Lipinski definition) is 1. The molecular formula is C13H15FN2O2. The summed E-state index contributed by atoms with van der Waals surface area (Å²) in [5.41, 5.74) is -0.446. The van der Waals surface area contributed by atoms with Crippen molar-refractivity contribution in [2.45, 2.75) is 37.3 Å². The van der Waals surface area contributed by atoms with Crippen molar-refractivity contribution in [3.63, 3.8) is 0 Å². The SMILES string of the molecule is O=C(c1cncc(F)c1)N1CCCC1C1(O)CC1. The van der Waals surface area contributed by atoms with Gasteiger partial charge in [-0.3, -0.25) is 9.78 Å². The smallest absolute Gasteiger partial charge is 0.255 e. The lowest BCUT2D eigenvalue weighted by molar-refractivity contribution is 0.0386. The molecule has 0 spiro atoms. The average Bonchev–Trinajstić information content (AvgIpc) is 2.93. The van der Waals surface area contributed by atoms with Crippen LogP contribution < -0.4 is 0 Å². The van der Waals surface area contributed by atoms with Gasteiger partial charge in [0.05, 0.1) is 23.4 Å². The molecule has 1 amide bonds. The van der Waals surface area contributed by atoms with Gasteiger partial charge < -0.3 is 10.0 Å². The van der Waals surface area contributed by atoms with Crippen LogP contribution in [-0.2, 0) is 0 Å². The van der Waals surface area contributed by atoms with E-state index in [-0.39, 0.29) is 17.5 Å². The molecule has 1 atom stereocenters. The number of likely N-dealkylation sites (tertiary alicyclic amines) is 1. The second-order valence-electron chi connectivity index (χ2n) is 5.15. The molecule has 0 radical (unpaired) electrons. The van der Waals surface area contributed by atoms with Crippen LogP contribution >= 0.6 is 0 Å². The summed E-state index contributed by atoms with van der Waals surface area (Å²) in [5.74, 6) is -0.744. The second kappa shape index (κ2) is 4.02. The topological polar surface area (TPSA) is 53.4 Å². The molecule has 5 heteroatoms. The van der Waals surface area contributed by atoms with Gasteiger partial charge >= 0.3 is 0 Å². The summed E-state index contributed by atoms with van der Waals surface area (Å²) < 4.78 is 13.1. The normalized spacial score (nSPS) is 25.2. The Hall–Kier alpha value is -1.49. The summed E-state index contributed by atoms with van der Waals surface area (Å²) in [6, 6.07) is 1.08. The van der Waals surface area contributed by atoms with Gasteiger partial charge in [0.15, 0.2) is 0 Å². The molecule has 2 aliphatic rings. The predicted octanol–water partition coefficient (Wildman–Crippen LogP) is 1.35. The van der Waals surface area contributed by atoms with Crippen LogP contribution in [0.4, 0.5) is 4.39 Å². The molecule has 1 aromatic heterocycles. The molecule has 96 valence electrons. The number of rotatable bonds is 2. The highest BCUT2D eigenvalue weighted by Gasteiger charge is 2.52. The van der Waals surface area contributed by atoms with Gasteiger partial charge in [-0.25, -0.2) is 4.39 Å². The molecule has 2 fully saturated rings. The number of amides is 1. The van der Waals surface area contributed by atoms with Crippen molar-refractivity contribution >= 4 is 5.91 Å². The Labute approximate surface area is 104 Å². The average molecular weight is 250 g/mol. The Bertz CT molecular complexity index is 488. The highest BCUT2D eigenvalue weighted by atomic mass is 19.1. The van der Waals surface area contributed by atoms with Crippen LogP contribution in [0.15, 0.2) is 18.5 Å². The molecular weight excluding hydrogens is 235 g/mol. The van der Waals surface area contributed by atoms with E-state index >= 15 is 0 Å². The minimum atomic E-state index is -0.701.